The zero-order valence-electron chi connectivity index (χ0n) is 16.0. The van der Waals surface area contributed by atoms with Crippen molar-refractivity contribution in [1.82, 2.24) is 10.6 Å². The normalized spacial score (nSPS) is 11.6. The van der Waals surface area contributed by atoms with Gasteiger partial charge in [0.25, 0.3) is 5.91 Å². The molecule has 0 saturated heterocycles. The zero-order chi connectivity index (χ0) is 20.3. The highest BCUT2D eigenvalue weighted by Gasteiger charge is 2.22. The Bertz CT molecular complexity index is 884. The van der Waals surface area contributed by atoms with Crippen LogP contribution in [0.5, 0.6) is 0 Å². The Kier molecular flexibility index (Phi) is 8.34. The highest BCUT2D eigenvalue weighted by molar-refractivity contribution is 7.98. The van der Waals surface area contributed by atoms with Crippen molar-refractivity contribution in [1.29, 1.82) is 0 Å². The number of benzene rings is 2. The minimum absolute atomic E-state index is 0.154. The number of hydrogen-bond acceptors (Lipinski definition) is 4. The van der Waals surface area contributed by atoms with Crippen LogP contribution in [0, 0.1) is 0 Å². The lowest BCUT2D eigenvalue weighted by Gasteiger charge is -2.18. The van der Waals surface area contributed by atoms with Gasteiger partial charge in [-0.05, 0) is 22.6 Å². The topological polar surface area (TPSA) is 58.2 Å². The number of thioether (sulfide) groups is 1. The molecular formula is C23H24N2O2S2. The van der Waals surface area contributed by atoms with Crippen LogP contribution < -0.4 is 10.6 Å². The van der Waals surface area contributed by atoms with Crippen LogP contribution in [0.4, 0.5) is 0 Å². The molecule has 0 saturated carbocycles. The molecule has 2 N–H and O–H groups in total. The predicted molar refractivity (Wildman–Crippen MR) is 121 cm³/mol. The highest BCUT2D eigenvalue weighted by Crippen LogP contribution is 2.12. The van der Waals surface area contributed by atoms with E-state index < -0.39 is 6.04 Å². The fraction of sp³-hybridized carbons (Fsp3) is 0.217. The maximum Gasteiger partial charge on any atom is 0.262 e. The molecule has 29 heavy (non-hydrogen) atoms. The van der Waals surface area contributed by atoms with E-state index in [1.54, 1.807) is 17.8 Å². The minimum atomic E-state index is -0.605. The first-order valence-corrected chi connectivity index (χ1v) is 11.5. The first-order chi connectivity index (χ1) is 14.2. The van der Waals surface area contributed by atoms with E-state index in [2.05, 4.69) is 22.8 Å². The Labute approximate surface area is 179 Å². The molecule has 3 rings (SSSR count). The monoisotopic (exact) mass is 424 g/mol. The van der Waals surface area contributed by atoms with E-state index >= 15 is 0 Å². The standard InChI is InChI=1S/C23H24N2O2S2/c26-22(24-13-15-28-17-19-10-5-2-6-11-19)20(16-18-8-3-1-4-9-18)25-23(27)21-12-7-14-29-21/h1-12,14,20H,13,15-17H2,(H,24,26)(H,25,27)/t20-/m0/s1. The van der Waals surface area contributed by atoms with E-state index in [9.17, 15) is 9.59 Å². The van der Waals surface area contributed by atoms with Gasteiger partial charge in [0.2, 0.25) is 5.91 Å². The number of carbonyl (C=O) groups excluding carboxylic acids is 2. The largest absolute Gasteiger partial charge is 0.353 e. The van der Waals surface area contributed by atoms with Gasteiger partial charge in [0.15, 0.2) is 0 Å². The summed E-state index contributed by atoms with van der Waals surface area (Å²) in [5.74, 6) is 1.37. The lowest BCUT2D eigenvalue weighted by molar-refractivity contribution is -0.122. The molecule has 1 atom stereocenters. The van der Waals surface area contributed by atoms with Crippen molar-refractivity contribution >= 4 is 34.9 Å². The molecule has 0 bridgehead atoms. The average molecular weight is 425 g/mol. The third kappa shape index (κ3) is 7.07. The zero-order valence-corrected chi connectivity index (χ0v) is 17.7. The summed E-state index contributed by atoms with van der Waals surface area (Å²) in [5, 5.41) is 7.71. The summed E-state index contributed by atoms with van der Waals surface area (Å²) in [6, 6.07) is 23.0. The second-order valence-electron chi connectivity index (χ2n) is 6.52. The van der Waals surface area contributed by atoms with Crippen LogP contribution in [-0.2, 0) is 17.0 Å². The molecule has 0 radical (unpaired) electrons. The predicted octanol–water partition coefficient (Wildman–Crippen LogP) is 4.14. The molecule has 6 heteroatoms. The molecule has 1 heterocycles. The van der Waals surface area contributed by atoms with Crippen LogP contribution in [0.15, 0.2) is 78.2 Å². The second kappa shape index (κ2) is 11.4. The molecule has 2 amide bonds. The van der Waals surface area contributed by atoms with Crippen molar-refractivity contribution < 1.29 is 9.59 Å². The Hall–Kier alpha value is -2.57. The quantitative estimate of drug-likeness (QED) is 0.481. The third-order valence-electron chi connectivity index (χ3n) is 4.31. The van der Waals surface area contributed by atoms with Crippen molar-refractivity contribution in [2.75, 3.05) is 12.3 Å². The van der Waals surface area contributed by atoms with Gasteiger partial charge in [0.1, 0.15) is 6.04 Å². The average Bonchev–Trinajstić information content (AvgIpc) is 3.29. The number of hydrogen-bond donors (Lipinski definition) is 2. The fourth-order valence-electron chi connectivity index (χ4n) is 2.83. The van der Waals surface area contributed by atoms with Crippen LogP contribution in [-0.4, -0.2) is 30.2 Å². The van der Waals surface area contributed by atoms with E-state index in [0.717, 1.165) is 17.1 Å². The molecule has 0 aliphatic rings. The number of amides is 2. The van der Waals surface area contributed by atoms with Gasteiger partial charge in [-0.25, -0.2) is 0 Å². The van der Waals surface area contributed by atoms with E-state index in [1.165, 1.54) is 16.9 Å². The lowest BCUT2D eigenvalue weighted by Crippen LogP contribution is -2.48. The summed E-state index contributed by atoms with van der Waals surface area (Å²) in [4.78, 5) is 25.8. The Balaban J connectivity index is 1.51. The van der Waals surface area contributed by atoms with Crippen molar-refractivity contribution in [3.63, 3.8) is 0 Å². The Morgan fingerprint density at radius 3 is 2.24 bits per heavy atom. The maximum atomic E-state index is 12.8. The Morgan fingerprint density at radius 2 is 1.59 bits per heavy atom. The molecule has 1 aromatic heterocycles. The molecule has 4 nitrogen and oxygen atoms in total. The summed E-state index contributed by atoms with van der Waals surface area (Å²) in [6.07, 6.45) is 0.459. The number of carbonyl (C=O) groups is 2. The first-order valence-electron chi connectivity index (χ1n) is 9.50. The molecule has 0 aliphatic carbocycles. The molecule has 2 aromatic carbocycles. The fourth-order valence-corrected chi connectivity index (χ4v) is 4.28. The van der Waals surface area contributed by atoms with Crippen LogP contribution in [0.25, 0.3) is 0 Å². The summed E-state index contributed by atoms with van der Waals surface area (Å²) in [6.45, 7) is 0.566. The van der Waals surface area contributed by atoms with Crippen LogP contribution >= 0.6 is 23.1 Å². The molecule has 150 valence electrons. The SMILES string of the molecule is O=C(N[C@@H](Cc1ccccc1)C(=O)NCCSCc1ccccc1)c1cccs1. The van der Waals surface area contributed by atoms with Crippen molar-refractivity contribution in [2.24, 2.45) is 0 Å². The van der Waals surface area contributed by atoms with Gasteiger partial charge in [-0.3, -0.25) is 9.59 Å². The molecular weight excluding hydrogens is 400 g/mol. The Morgan fingerprint density at radius 1 is 0.897 bits per heavy atom. The molecule has 0 fully saturated rings. The molecule has 0 aliphatic heterocycles. The maximum absolute atomic E-state index is 12.8. The number of nitrogens with one attached hydrogen (secondary N) is 2. The third-order valence-corrected chi connectivity index (χ3v) is 6.21. The van der Waals surface area contributed by atoms with Gasteiger partial charge in [-0.2, -0.15) is 11.8 Å². The summed E-state index contributed by atoms with van der Waals surface area (Å²) in [5.41, 5.74) is 2.28. The highest BCUT2D eigenvalue weighted by atomic mass is 32.2. The van der Waals surface area contributed by atoms with Gasteiger partial charge in [-0.15, -0.1) is 11.3 Å². The lowest BCUT2D eigenvalue weighted by atomic mass is 10.1. The van der Waals surface area contributed by atoms with E-state index in [0.29, 0.717) is 17.8 Å². The van der Waals surface area contributed by atoms with Gasteiger partial charge >= 0.3 is 0 Å². The second-order valence-corrected chi connectivity index (χ2v) is 8.58. The number of thiophene rings is 1. The van der Waals surface area contributed by atoms with Gasteiger partial charge < -0.3 is 10.6 Å². The van der Waals surface area contributed by atoms with Gasteiger partial charge in [0.05, 0.1) is 4.88 Å². The summed E-state index contributed by atoms with van der Waals surface area (Å²) < 4.78 is 0. The van der Waals surface area contributed by atoms with Crippen LogP contribution in [0.3, 0.4) is 0 Å². The molecule has 3 aromatic rings. The van der Waals surface area contributed by atoms with Gasteiger partial charge in [-0.1, -0.05) is 66.7 Å². The van der Waals surface area contributed by atoms with Crippen molar-refractivity contribution in [2.45, 2.75) is 18.2 Å². The van der Waals surface area contributed by atoms with E-state index in [1.807, 2.05) is 60.0 Å². The van der Waals surface area contributed by atoms with Gasteiger partial charge in [0, 0.05) is 24.5 Å². The smallest absolute Gasteiger partial charge is 0.262 e. The first kappa shape index (κ1) is 21.1. The van der Waals surface area contributed by atoms with E-state index in [-0.39, 0.29) is 11.8 Å². The van der Waals surface area contributed by atoms with Crippen LogP contribution in [0.1, 0.15) is 20.8 Å². The minimum Gasteiger partial charge on any atom is -0.353 e. The van der Waals surface area contributed by atoms with E-state index in [4.69, 9.17) is 0 Å². The van der Waals surface area contributed by atoms with Crippen molar-refractivity contribution in [3.8, 4) is 0 Å². The molecule has 0 unspecified atom stereocenters. The molecule has 0 spiro atoms. The number of rotatable bonds is 10. The summed E-state index contributed by atoms with van der Waals surface area (Å²) >= 11 is 3.14. The summed E-state index contributed by atoms with van der Waals surface area (Å²) in [7, 11) is 0. The van der Waals surface area contributed by atoms with Crippen LogP contribution in [0.2, 0.25) is 0 Å². The van der Waals surface area contributed by atoms with Crippen molar-refractivity contribution in [3.05, 3.63) is 94.2 Å².